The average molecular weight is 348 g/mol. The lowest BCUT2D eigenvalue weighted by Crippen LogP contribution is -2.26. The van der Waals surface area contributed by atoms with E-state index in [2.05, 4.69) is 0 Å². The van der Waals surface area contributed by atoms with Crippen molar-refractivity contribution in [1.29, 1.82) is 0 Å². The van der Waals surface area contributed by atoms with E-state index in [0.717, 1.165) is 4.31 Å². The van der Waals surface area contributed by atoms with E-state index < -0.39 is 15.8 Å². The largest absolute Gasteiger partial charge is 0.244 e. The molecule has 2 aromatic carbocycles. The third kappa shape index (κ3) is 3.55. The molecule has 0 saturated heterocycles. The van der Waals surface area contributed by atoms with Gasteiger partial charge in [-0.2, -0.15) is 4.31 Å². The van der Waals surface area contributed by atoms with Gasteiger partial charge in [0.2, 0.25) is 10.0 Å². The molecular weight excluding hydrogens is 336 g/mol. The van der Waals surface area contributed by atoms with Gasteiger partial charge >= 0.3 is 0 Å². The Morgan fingerprint density at radius 1 is 1.14 bits per heavy atom. The van der Waals surface area contributed by atoms with Crippen molar-refractivity contribution < 1.29 is 12.8 Å². The van der Waals surface area contributed by atoms with E-state index >= 15 is 0 Å². The van der Waals surface area contributed by atoms with Crippen LogP contribution in [-0.4, -0.2) is 19.8 Å². The van der Waals surface area contributed by atoms with Crippen LogP contribution in [-0.2, 0) is 16.6 Å². The first kappa shape index (κ1) is 16.2. The zero-order valence-corrected chi connectivity index (χ0v) is 13.4. The minimum atomic E-state index is -3.81. The van der Waals surface area contributed by atoms with E-state index in [0.29, 0.717) is 5.56 Å². The standard InChI is InChI=1S/C14H12Cl2FNO2S/c1-18(9-10-4-2-5-11(17)8-10)21(19,20)13-7-3-6-12(15)14(13)16/h2-8H,9H2,1H3. The van der Waals surface area contributed by atoms with Crippen LogP contribution in [0.25, 0.3) is 0 Å². The van der Waals surface area contributed by atoms with Gasteiger partial charge in [0.25, 0.3) is 0 Å². The SMILES string of the molecule is CN(Cc1cccc(F)c1)S(=O)(=O)c1cccc(Cl)c1Cl. The number of benzene rings is 2. The minimum Gasteiger partial charge on any atom is -0.207 e. The third-order valence-electron chi connectivity index (χ3n) is 2.90. The van der Waals surface area contributed by atoms with E-state index in [-0.39, 0.29) is 21.5 Å². The van der Waals surface area contributed by atoms with E-state index in [1.165, 1.54) is 43.4 Å². The van der Waals surface area contributed by atoms with Crippen LogP contribution in [0.3, 0.4) is 0 Å². The molecule has 2 rings (SSSR count). The molecule has 0 aromatic heterocycles. The van der Waals surface area contributed by atoms with Crippen molar-refractivity contribution in [1.82, 2.24) is 4.31 Å². The van der Waals surface area contributed by atoms with Crippen molar-refractivity contribution in [2.75, 3.05) is 7.05 Å². The van der Waals surface area contributed by atoms with E-state index in [4.69, 9.17) is 23.2 Å². The maximum atomic E-state index is 13.1. The summed E-state index contributed by atoms with van der Waals surface area (Å²) in [5, 5.41) is 0.141. The zero-order chi connectivity index (χ0) is 15.6. The molecule has 0 amide bonds. The van der Waals surface area contributed by atoms with Gasteiger partial charge in [0.05, 0.1) is 10.0 Å². The Balaban J connectivity index is 2.33. The third-order valence-corrected chi connectivity index (χ3v) is 5.68. The number of rotatable bonds is 4. The van der Waals surface area contributed by atoms with Crippen LogP contribution in [0, 0.1) is 5.82 Å². The Morgan fingerprint density at radius 3 is 2.48 bits per heavy atom. The first-order valence-electron chi connectivity index (χ1n) is 5.97. The topological polar surface area (TPSA) is 37.4 Å². The second-order valence-electron chi connectivity index (χ2n) is 4.44. The predicted molar refractivity (Wildman–Crippen MR) is 81.5 cm³/mol. The number of nitrogens with zero attached hydrogens (tertiary/aromatic N) is 1. The van der Waals surface area contributed by atoms with Crippen LogP contribution < -0.4 is 0 Å². The monoisotopic (exact) mass is 347 g/mol. The summed E-state index contributed by atoms with van der Waals surface area (Å²) in [7, 11) is -2.41. The van der Waals surface area contributed by atoms with Crippen LogP contribution in [0.5, 0.6) is 0 Å². The second kappa shape index (κ2) is 6.32. The Kier molecular flexibility index (Phi) is 4.88. The molecule has 7 heteroatoms. The molecule has 0 atom stereocenters. The van der Waals surface area contributed by atoms with Crippen molar-refractivity contribution in [3.63, 3.8) is 0 Å². The average Bonchev–Trinajstić information content (AvgIpc) is 2.41. The molecule has 112 valence electrons. The number of hydrogen-bond acceptors (Lipinski definition) is 2. The van der Waals surface area contributed by atoms with Crippen molar-refractivity contribution in [3.8, 4) is 0 Å². The molecule has 0 unspecified atom stereocenters. The van der Waals surface area contributed by atoms with E-state index in [1.54, 1.807) is 6.07 Å². The Hall–Kier alpha value is -1.14. The second-order valence-corrected chi connectivity index (χ2v) is 7.24. The fourth-order valence-corrected chi connectivity index (χ4v) is 3.72. The Bertz CT molecular complexity index is 765. The first-order chi connectivity index (χ1) is 9.82. The summed E-state index contributed by atoms with van der Waals surface area (Å²) in [5.74, 6) is -0.418. The van der Waals surface area contributed by atoms with Gasteiger partial charge in [-0.3, -0.25) is 0 Å². The van der Waals surface area contributed by atoms with Gasteiger partial charge in [-0.15, -0.1) is 0 Å². The molecule has 21 heavy (non-hydrogen) atoms. The Labute approximate surface area is 133 Å². The number of sulfonamides is 1. The quantitative estimate of drug-likeness (QED) is 0.839. The zero-order valence-electron chi connectivity index (χ0n) is 11.1. The highest BCUT2D eigenvalue weighted by Gasteiger charge is 2.24. The van der Waals surface area contributed by atoms with Gasteiger partial charge in [0.1, 0.15) is 10.7 Å². The fraction of sp³-hybridized carbons (Fsp3) is 0.143. The van der Waals surface area contributed by atoms with Crippen LogP contribution in [0.15, 0.2) is 47.4 Å². The van der Waals surface area contributed by atoms with Crippen molar-refractivity contribution in [2.24, 2.45) is 0 Å². The highest BCUT2D eigenvalue weighted by atomic mass is 35.5. The first-order valence-corrected chi connectivity index (χ1v) is 8.17. The molecule has 0 aliphatic rings. The van der Waals surface area contributed by atoms with Gasteiger partial charge in [-0.05, 0) is 29.8 Å². The molecule has 0 N–H and O–H groups in total. The summed E-state index contributed by atoms with van der Waals surface area (Å²) in [6, 6.07) is 10.2. The van der Waals surface area contributed by atoms with E-state index in [1.807, 2.05) is 0 Å². The molecule has 0 heterocycles. The maximum Gasteiger partial charge on any atom is 0.244 e. The predicted octanol–water partition coefficient (Wildman–Crippen LogP) is 3.95. The molecule has 3 nitrogen and oxygen atoms in total. The summed E-state index contributed by atoms with van der Waals surface area (Å²) in [4.78, 5) is -0.0735. The summed E-state index contributed by atoms with van der Waals surface area (Å²) in [5.41, 5.74) is 0.541. The molecule has 0 spiro atoms. The summed E-state index contributed by atoms with van der Waals surface area (Å²) >= 11 is 11.8. The molecule has 0 saturated carbocycles. The normalized spacial score (nSPS) is 11.9. The van der Waals surface area contributed by atoms with Crippen LogP contribution >= 0.6 is 23.2 Å². The Morgan fingerprint density at radius 2 is 1.81 bits per heavy atom. The molecule has 0 radical (unpaired) electrons. The maximum absolute atomic E-state index is 13.1. The fourth-order valence-electron chi connectivity index (χ4n) is 1.83. The summed E-state index contributed by atoms with van der Waals surface area (Å²) in [6.45, 7) is 0.0307. The highest BCUT2D eigenvalue weighted by Crippen LogP contribution is 2.30. The smallest absolute Gasteiger partial charge is 0.207 e. The van der Waals surface area contributed by atoms with Crippen molar-refractivity contribution in [2.45, 2.75) is 11.4 Å². The molecular formula is C14H12Cl2FNO2S. The highest BCUT2D eigenvalue weighted by molar-refractivity contribution is 7.89. The number of halogens is 3. The van der Waals surface area contributed by atoms with Crippen molar-refractivity contribution >= 4 is 33.2 Å². The molecule has 2 aromatic rings. The van der Waals surface area contributed by atoms with Gasteiger partial charge in [0, 0.05) is 13.6 Å². The van der Waals surface area contributed by atoms with Gasteiger partial charge in [-0.25, -0.2) is 12.8 Å². The van der Waals surface area contributed by atoms with Gasteiger partial charge in [0.15, 0.2) is 0 Å². The van der Waals surface area contributed by atoms with Crippen LogP contribution in [0.4, 0.5) is 4.39 Å². The summed E-state index contributed by atoms with van der Waals surface area (Å²) in [6.07, 6.45) is 0. The van der Waals surface area contributed by atoms with Gasteiger partial charge < -0.3 is 0 Å². The molecule has 0 fully saturated rings. The minimum absolute atomic E-state index is 0.0229. The van der Waals surface area contributed by atoms with Crippen molar-refractivity contribution in [3.05, 3.63) is 63.9 Å². The van der Waals surface area contributed by atoms with Gasteiger partial charge in [-0.1, -0.05) is 41.4 Å². The number of hydrogen-bond donors (Lipinski definition) is 0. The van der Waals surface area contributed by atoms with Crippen LogP contribution in [0.1, 0.15) is 5.56 Å². The molecule has 0 bridgehead atoms. The van der Waals surface area contributed by atoms with E-state index in [9.17, 15) is 12.8 Å². The van der Waals surface area contributed by atoms with Crippen LogP contribution in [0.2, 0.25) is 10.0 Å². The molecule has 0 aliphatic heterocycles. The lowest BCUT2D eigenvalue weighted by molar-refractivity contribution is 0.465. The lowest BCUT2D eigenvalue weighted by Gasteiger charge is -2.18. The lowest BCUT2D eigenvalue weighted by atomic mass is 10.2. The summed E-state index contributed by atoms with van der Waals surface area (Å²) < 4.78 is 39.2. The molecule has 0 aliphatic carbocycles.